The minimum absolute atomic E-state index is 0.0158. The van der Waals surface area contributed by atoms with Gasteiger partial charge in [0.1, 0.15) is 16.8 Å². The quantitative estimate of drug-likeness (QED) is 0.274. The third kappa shape index (κ3) is 5.65. The minimum Gasteiger partial charge on any atom is -0.491 e. The molecule has 10 nitrogen and oxygen atoms in total. The summed E-state index contributed by atoms with van der Waals surface area (Å²) in [6.07, 6.45) is 2.36. The number of methoxy groups -OCH3 is 2. The Labute approximate surface area is 237 Å². The third-order valence-corrected chi connectivity index (χ3v) is 7.00. The van der Waals surface area contributed by atoms with Crippen LogP contribution in [0.4, 0.5) is 15.8 Å². The zero-order valence-corrected chi connectivity index (χ0v) is 24.3. The Morgan fingerprint density at radius 1 is 1.05 bits per heavy atom. The lowest BCUT2D eigenvalue weighted by Gasteiger charge is -2.26. The van der Waals surface area contributed by atoms with Crippen LogP contribution in [0.5, 0.6) is 23.1 Å². The Hall–Kier alpha value is -4.67. The summed E-state index contributed by atoms with van der Waals surface area (Å²) in [6, 6.07) is 7.23. The van der Waals surface area contributed by atoms with Gasteiger partial charge in [0, 0.05) is 61.6 Å². The minimum atomic E-state index is -0.720. The van der Waals surface area contributed by atoms with Gasteiger partial charge in [-0.15, -0.1) is 0 Å². The second-order valence-corrected chi connectivity index (χ2v) is 9.44. The number of nitrogens with one attached hydrogen (secondary N) is 1. The number of benzene rings is 1. The maximum Gasteiger partial charge on any atom is 0.261 e. The van der Waals surface area contributed by atoms with Crippen molar-refractivity contribution >= 4 is 28.3 Å². The van der Waals surface area contributed by atoms with E-state index >= 15 is 4.39 Å². The zero-order chi connectivity index (χ0) is 29.8. The van der Waals surface area contributed by atoms with Gasteiger partial charge < -0.3 is 29.0 Å². The Morgan fingerprint density at radius 2 is 1.80 bits per heavy atom. The van der Waals surface area contributed by atoms with Crippen LogP contribution in [0.25, 0.3) is 11.0 Å². The van der Waals surface area contributed by atoms with Crippen LogP contribution >= 0.6 is 0 Å². The molecule has 3 aromatic heterocycles. The molecule has 4 rings (SSSR count). The van der Waals surface area contributed by atoms with Crippen LogP contribution in [-0.2, 0) is 7.05 Å². The number of hydrogen-bond acceptors (Lipinski definition) is 8. The van der Waals surface area contributed by atoms with E-state index < -0.39 is 11.7 Å². The molecule has 216 valence electrons. The average Bonchev–Trinajstić information content (AvgIpc) is 2.96. The van der Waals surface area contributed by atoms with Crippen molar-refractivity contribution in [2.75, 3.05) is 37.5 Å². The molecule has 11 heteroatoms. The highest BCUT2D eigenvalue weighted by Gasteiger charge is 2.24. The van der Waals surface area contributed by atoms with Gasteiger partial charge in [0.15, 0.2) is 23.1 Å². The molecule has 0 atom stereocenters. The molecule has 0 fully saturated rings. The number of halogens is 1. The standard InChI is InChI=1S/C30H34FN5O5/c1-8-14-36(9-2)27-18(4)35(5)17(3)25(28(27)37)29(38)33-19-10-11-22(20(31)15-19)41-23-12-13-32-21-16-24(39-6)30(40-7)34-26(21)23/h10-13,15-16H,8-9,14H2,1-7H3,(H,33,38). The summed E-state index contributed by atoms with van der Waals surface area (Å²) < 4.78 is 33.4. The van der Waals surface area contributed by atoms with Crippen LogP contribution in [0.1, 0.15) is 42.0 Å². The molecule has 3 heterocycles. The van der Waals surface area contributed by atoms with Crippen LogP contribution in [-0.4, -0.2) is 47.8 Å². The second kappa shape index (κ2) is 12.2. The van der Waals surface area contributed by atoms with Crippen molar-refractivity contribution in [2.45, 2.75) is 34.1 Å². The normalized spacial score (nSPS) is 10.9. The molecule has 4 aromatic rings. The van der Waals surface area contributed by atoms with Crippen LogP contribution < -0.4 is 29.9 Å². The van der Waals surface area contributed by atoms with Crippen molar-refractivity contribution in [3.8, 4) is 23.1 Å². The van der Waals surface area contributed by atoms with Gasteiger partial charge in [0.05, 0.1) is 19.7 Å². The van der Waals surface area contributed by atoms with E-state index in [0.29, 0.717) is 41.3 Å². The number of rotatable bonds is 10. The SMILES string of the molecule is CCCN(CC)c1c(C)n(C)c(C)c(C(=O)Nc2ccc(Oc3ccnc4cc(OC)c(OC)nc34)c(F)c2)c1=O. The number of amides is 1. The third-order valence-electron chi connectivity index (χ3n) is 7.00. The Morgan fingerprint density at radius 3 is 2.44 bits per heavy atom. The Kier molecular flexibility index (Phi) is 8.75. The summed E-state index contributed by atoms with van der Waals surface area (Å²) in [5.41, 5.74) is 2.46. The highest BCUT2D eigenvalue weighted by molar-refractivity contribution is 6.05. The number of ether oxygens (including phenoxy) is 3. The summed E-state index contributed by atoms with van der Waals surface area (Å²) in [5, 5.41) is 2.67. The lowest BCUT2D eigenvalue weighted by Crippen LogP contribution is -2.35. The van der Waals surface area contributed by atoms with Crippen molar-refractivity contribution in [1.29, 1.82) is 0 Å². The molecule has 0 unspecified atom stereocenters. The van der Waals surface area contributed by atoms with Crippen molar-refractivity contribution in [3.63, 3.8) is 0 Å². The molecule has 0 aliphatic carbocycles. The van der Waals surface area contributed by atoms with Gasteiger partial charge in [-0.05, 0) is 39.3 Å². The fourth-order valence-electron chi connectivity index (χ4n) is 4.72. The van der Waals surface area contributed by atoms with Gasteiger partial charge in [-0.25, -0.2) is 9.37 Å². The molecular weight excluding hydrogens is 529 g/mol. The first-order chi connectivity index (χ1) is 19.6. The predicted molar refractivity (Wildman–Crippen MR) is 156 cm³/mol. The Balaban J connectivity index is 1.64. The van der Waals surface area contributed by atoms with Gasteiger partial charge in [0.2, 0.25) is 5.43 Å². The summed E-state index contributed by atoms with van der Waals surface area (Å²) in [4.78, 5) is 37.5. The van der Waals surface area contributed by atoms with E-state index in [1.54, 1.807) is 19.1 Å². The predicted octanol–water partition coefficient (Wildman–Crippen LogP) is 5.38. The molecule has 1 aromatic carbocycles. The summed E-state index contributed by atoms with van der Waals surface area (Å²) in [6.45, 7) is 8.91. The molecule has 0 bridgehead atoms. The number of carbonyl (C=O) groups excluding carboxylic acids is 1. The number of pyridine rings is 3. The summed E-state index contributed by atoms with van der Waals surface area (Å²) in [7, 11) is 4.77. The smallest absolute Gasteiger partial charge is 0.261 e. The maximum atomic E-state index is 15.2. The molecule has 0 aliphatic rings. The van der Waals surface area contributed by atoms with Crippen molar-refractivity contribution in [3.05, 3.63) is 69.5 Å². The van der Waals surface area contributed by atoms with E-state index in [2.05, 4.69) is 15.3 Å². The molecule has 0 saturated heterocycles. The van der Waals surface area contributed by atoms with Crippen LogP contribution in [0.15, 0.2) is 41.3 Å². The summed E-state index contributed by atoms with van der Waals surface area (Å²) in [5.74, 6) is -0.540. The van der Waals surface area contributed by atoms with Crippen molar-refractivity contribution < 1.29 is 23.4 Å². The number of carbonyl (C=O) groups is 1. The van der Waals surface area contributed by atoms with E-state index in [1.807, 2.05) is 37.3 Å². The number of nitrogens with zero attached hydrogens (tertiary/aromatic N) is 4. The number of anilines is 2. The largest absolute Gasteiger partial charge is 0.491 e. The lowest BCUT2D eigenvalue weighted by molar-refractivity contribution is 0.102. The topological polar surface area (TPSA) is 108 Å². The average molecular weight is 564 g/mol. The van der Waals surface area contributed by atoms with Crippen molar-refractivity contribution in [1.82, 2.24) is 14.5 Å². The van der Waals surface area contributed by atoms with E-state index in [-0.39, 0.29) is 34.1 Å². The van der Waals surface area contributed by atoms with Crippen LogP contribution in [0.3, 0.4) is 0 Å². The van der Waals surface area contributed by atoms with E-state index in [9.17, 15) is 9.59 Å². The highest BCUT2D eigenvalue weighted by Crippen LogP contribution is 2.35. The molecular formula is C30H34FN5O5. The second-order valence-electron chi connectivity index (χ2n) is 9.44. The first kappa shape index (κ1) is 29.3. The molecule has 0 aliphatic heterocycles. The van der Waals surface area contributed by atoms with Crippen LogP contribution in [0, 0.1) is 19.7 Å². The van der Waals surface area contributed by atoms with Gasteiger partial charge in [0.25, 0.3) is 11.8 Å². The summed E-state index contributed by atoms with van der Waals surface area (Å²) >= 11 is 0. The molecule has 1 amide bonds. The van der Waals surface area contributed by atoms with E-state index in [0.717, 1.165) is 18.2 Å². The molecule has 0 radical (unpaired) electrons. The molecule has 0 saturated carbocycles. The van der Waals surface area contributed by atoms with Gasteiger partial charge in [-0.3, -0.25) is 14.6 Å². The van der Waals surface area contributed by atoms with E-state index in [4.69, 9.17) is 14.2 Å². The zero-order valence-electron chi connectivity index (χ0n) is 24.3. The number of fused-ring (bicyclic) bond motifs is 1. The lowest BCUT2D eigenvalue weighted by atomic mass is 10.1. The van der Waals surface area contributed by atoms with Crippen LogP contribution in [0.2, 0.25) is 0 Å². The van der Waals surface area contributed by atoms with Gasteiger partial charge >= 0.3 is 0 Å². The highest BCUT2D eigenvalue weighted by atomic mass is 19.1. The Bertz CT molecular complexity index is 1670. The molecule has 0 spiro atoms. The van der Waals surface area contributed by atoms with Crippen molar-refractivity contribution in [2.24, 2.45) is 7.05 Å². The first-order valence-electron chi connectivity index (χ1n) is 13.3. The molecule has 1 N–H and O–H groups in total. The first-order valence-corrected chi connectivity index (χ1v) is 13.3. The fourth-order valence-corrected chi connectivity index (χ4v) is 4.72. The van der Waals surface area contributed by atoms with Gasteiger partial charge in [-0.1, -0.05) is 6.92 Å². The maximum absolute atomic E-state index is 15.2. The number of aromatic nitrogens is 3. The van der Waals surface area contributed by atoms with E-state index in [1.165, 1.54) is 32.5 Å². The van der Waals surface area contributed by atoms with Gasteiger partial charge in [-0.2, -0.15) is 0 Å². The molecule has 41 heavy (non-hydrogen) atoms. The number of hydrogen-bond donors (Lipinski definition) is 1. The monoisotopic (exact) mass is 563 g/mol. The fraction of sp³-hybridized carbons (Fsp3) is 0.333.